The number of hydrogen-bond donors (Lipinski definition) is 1. The molecule has 0 aliphatic carbocycles. The molecule has 2 aliphatic heterocycles. The van der Waals surface area contributed by atoms with E-state index in [4.69, 9.17) is 18.9 Å². The van der Waals surface area contributed by atoms with Crippen LogP contribution in [0, 0.1) is 5.92 Å². The number of likely N-dealkylation sites (N-methyl/N-ethyl adjacent to an activating group) is 1. The van der Waals surface area contributed by atoms with Crippen LogP contribution in [0.25, 0.3) is 0 Å². The lowest BCUT2D eigenvalue weighted by Gasteiger charge is -2.42. The second-order valence-electron chi connectivity index (χ2n) is 5.68. The van der Waals surface area contributed by atoms with Crippen LogP contribution in [-0.4, -0.2) is 58.0 Å². The highest BCUT2D eigenvalue weighted by atomic mass is 16.7. The van der Waals surface area contributed by atoms with E-state index in [1.165, 1.54) is 0 Å². The summed E-state index contributed by atoms with van der Waals surface area (Å²) in [6, 6.07) is 0.205. The third-order valence-corrected chi connectivity index (χ3v) is 4.39. The van der Waals surface area contributed by atoms with Gasteiger partial charge in [0.05, 0.1) is 18.2 Å². The van der Waals surface area contributed by atoms with Gasteiger partial charge in [0.2, 0.25) is 0 Å². The van der Waals surface area contributed by atoms with Crippen molar-refractivity contribution in [3.8, 4) is 0 Å². The van der Waals surface area contributed by atoms with Gasteiger partial charge in [-0.15, -0.1) is 0 Å². The summed E-state index contributed by atoms with van der Waals surface area (Å²) in [6.07, 6.45) is 2.89. The summed E-state index contributed by atoms with van der Waals surface area (Å²) in [4.78, 5) is 0. The molecule has 1 spiro atoms. The minimum absolute atomic E-state index is 0.0685. The van der Waals surface area contributed by atoms with E-state index in [1.54, 1.807) is 0 Å². The maximum atomic E-state index is 6.02. The highest BCUT2D eigenvalue weighted by molar-refractivity contribution is 4.94. The van der Waals surface area contributed by atoms with Gasteiger partial charge in [0.15, 0.2) is 6.29 Å². The van der Waals surface area contributed by atoms with Gasteiger partial charge in [-0.05, 0) is 39.7 Å². The molecule has 2 saturated heterocycles. The van der Waals surface area contributed by atoms with Crippen LogP contribution in [0.4, 0.5) is 0 Å². The standard InChI is InChI=1S/C15H29NO4/c1-4-18-14(19-5-2)13(16-3)12-6-8-20-15(10-12)7-9-17-11-15/h12-14,16H,4-11H2,1-3H3. The smallest absolute Gasteiger partial charge is 0.172 e. The molecule has 0 saturated carbocycles. The fraction of sp³-hybridized carbons (Fsp3) is 1.00. The Morgan fingerprint density at radius 3 is 2.55 bits per heavy atom. The Morgan fingerprint density at radius 2 is 2.00 bits per heavy atom. The molecule has 0 aromatic rings. The quantitative estimate of drug-likeness (QED) is 0.720. The second-order valence-corrected chi connectivity index (χ2v) is 5.68. The van der Waals surface area contributed by atoms with Gasteiger partial charge in [0.1, 0.15) is 0 Å². The normalized spacial score (nSPS) is 32.1. The van der Waals surface area contributed by atoms with Crippen LogP contribution in [0.2, 0.25) is 0 Å². The number of ether oxygens (including phenoxy) is 4. The molecule has 2 fully saturated rings. The zero-order valence-electron chi connectivity index (χ0n) is 13.0. The predicted octanol–water partition coefficient (Wildman–Crippen LogP) is 1.56. The minimum atomic E-state index is -0.183. The fourth-order valence-corrected chi connectivity index (χ4v) is 3.41. The van der Waals surface area contributed by atoms with Crippen molar-refractivity contribution in [2.24, 2.45) is 5.92 Å². The van der Waals surface area contributed by atoms with Crippen LogP contribution in [-0.2, 0) is 18.9 Å². The maximum Gasteiger partial charge on any atom is 0.172 e. The molecule has 0 bridgehead atoms. The van der Waals surface area contributed by atoms with Gasteiger partial charge < -0.3 is 24.3 Å². The maximum absolute atomic E-state index is 6.02. The van der Waals surface area contributed by atoms with Crippen molar-refractivity contribution in [3.63, 3.8) is 0 Å². The summed E-state index contributed by atoms with van der Waals surface area (Å²) in [5.41, 5.74) is -0.0685. The lowest BCUT2D eigenvalue weighted by Crippen LogP contribution is -2.52. The van der Waals surface area contributed by atoms with Gasteiger partial charge >= 0.3 is 0 Å². The first kappa shape index (κ1) is 16.2. The highest BCUT2D eigenvalue weighted by Crippen LogP contribution is 2.38. The van der Waals surface area contributed by atoms with Gasteiger partial charge in [0, 0.05) is 32.8 Å². The Morgan fingerprint density at radius 1 is 1.25 bits per heavy atom. The summed E-state index contributed by atoms with van der Waals surface area (Å²) in [7, 11) is 1.99. The second kappa shape index (κ2) is 7.71. The molecule has 2 aliphatic rings. The molecule has 2 heterocycles. The molecule has 5 nitrogen and oxygen atoms in total. The Kier molecular flexibility index (Phi) is 6.23. The van der Waals surface area contributed by atoms with Crippen molar-refractivity contribution in [1.82, 2.24) is 5.32 Å². The van der Waals surface area contributed by atoms with Crippen LogP contribution < -0.4 is 5.32 Å². The molecule has 20 heavy (non-hydrogen) atoms. The first-order valence-electron chi connectivity index (χ1n) is 7.87. The van der Waals surface area contributed by atoms with Gasteiger partial charge in [-0.3, -0.25) is 0 Å². The molecule has 3 atom stereocenters. The first-order valence-corrected chi connectivity index (χ1v) is 7.87. The molecule has 118 valence electrons. The van der Waals surface area contributed by atoms with Crippen molar-refractivity contribution in [3.05, 3.63) is 0 Å². The van der Waals surface area contributed by atoms with Crippen molar-refractivity contribution in [2.75, 3.05) is 40.1 Å². The van der Waals surface area contributed by atoms with E-state index < -0.39 is 0 Å². The molecule has 0 aromatic heterocycles. The number of rotatable bonds is 7. The summed E-state index contributed by atoms with van der Waals surface area (Å²) in [5.74, 6) is 0.499. The molecular weight excluding hydrogens is 258 g/mol. The Balaban J connectivity index is 2.01. The lowest BCUT2D eigenvalue weighted by atomic mass is 9.81. The van der Waals surface area contributed by atoms with E-state index in [0.29, 0.717) is 19.1 Å². The molecule has 0 amide bonds. The fourth-order valence-electron chi connectivity index (χ4n) is 3.41. The van der Waals surface area contributed by atoms with Crippen molar-refractivity contribution >= 4 is 0 Å². The summed E-state index contributed by atoms with van der Waals surface area (Å²) in [5, 5.41) is 3.40. The average molecular weight is 287 g/mol. The lowest BCUT2D eigenvalue weighted by molar-refractivity contribution is -0.177. The monoisotopic (exact) mass is 287 g/mol. The van der Waals surface area contributed by atoms with Crippen LogP contribution >= 0.6 is 0 Å². The van der Waals surface area contributed by atoms with Crippen molar-refractivity contribution in [2.45, 2.75) is 51.0 Å². The van der Waals surface area contributed by atoms with Crippen LogP contribution in [0.15, 0.2) is 0 Å². The molecule has 3 unspecified atom stereocenters. The number of nitrogens with one attached hydrogen (secondary N) is 1. The van der Waals surface area contributed by atoms with Gasteiger partial charge in [-0.2, -0.15) is 0 Å². The van der Waals surface area contributed by atoms with Gasteiger partial charge in [0.25, 0.3) is 0 Å². The Labute approximate surface area is 122 Å². The molecule has 5 heteroatoms. The predicted molar refractivity (Wildman–Crippen MR) is 76.7 cm³/mol. The SMILES string of the molecule is CCOC(OCC)C(NC)C1CCOC2(CCOC2)C1. The van der Waals surface area contributed by atoms with Crippen LogP contribution in [0.5, 0.6) is 0 Å². The Bertz CT molecular complexity index is 275. The molecule has 1 N–H and O–H groups in total. The third-order valence-electron chi connectivity index (χ3n) is 4.39. The topological polar surface area (TPSA) is 49.0 Å². The minimum Gasteiger partial charge on any atom is -0.378 e. The average Bonchev–Trinajstić information content (AvgIpc) is 2.88. The molecule has 2 rings (SSSR count). The molecular formula is C15H29NO4. The van der Waals surface area contributed by atoms with E-state index in [9.17, 15) is 0 Å². The van der Waals surface area contributed by atoms with Gasteiger partial charge in [-0.1, -0.05) is 0 Å². The summed E-state index contributed by atoms with van der Waals surface area (Å²) < 4.78 is 23.1. The zero-order chi connectivity index (χ0) is 14.4. The van der Waals surface area contributed by atoms with Crippen LogP contribution in [0.3, 0.4) is 0 Å². The van der Waals surface area contributed by atoms with E-state index in [-0.39, 0.29) is 17.9 Å². The van der Waals surface area contributed by atoms with Crippen molar-refractivity contribution < 1.29 is 18.9 Å². The van der Waals surface area contributed by atoms with Crippen LogP contribution in [0.1, 0.15) is 33.1 Å². The van der Waals surface area contributed by atoms with E-state index in [0.717, 1.165) is 39.1 Å². The van der Waals surface area contributed by atoms with Gasteiger partial charge in [-0.25, -0.2) is 0 Å². The van der Waals surface area contributed by atoms with E-state index in [1.807, 2.05) is 20.9 Å². The molecule has 0 radical (unpaired) electrons. The number of hydrogen-bond acceptors (Lipinski definition) is 5. The van der Waals surface area contributed by atoms with E-state index in [2.05, 4.69) is 5.32 Å². The van der Waals surface area contributed by atoms with Crippen molar-refractivity contribution in [1.29, 1.82) is 0 Å². The zero-order valence-corrected chi connectivity index (χ0v) is 13.0. The highest BCUT2D eigenvalue weighted by Gasteiger charge is 2.44. The summed E-state index contributed by atoms with van der Waals surface area (Å²) in [6.45, 7) is 7.70. The third kappa shape index (κ3) is 3.71. The largest absolute Gasteiger partial charge is 0.378 e. The molecule has 0 aromatic carbocycles. The van der Waals surface area contributed by atoms with E-state index >= 15 is 0 Å². The summed E-state index contributed by atoms with van der Waals surface area (Å²) >= 11 is 0. The first-order chi connectivity index (χ1) is 9.74. The Hall–Kier alpha value is -0.200.